The quantitative estimate of drug-likeness (QED) is 0.257. The molecule has 3 aliphatic rings. The van der Waals surface area contributed by atoms with Crippen molar-refractivity contribution < 1.29 is 34.4 Å². The largest absolute Gasteiger partial charge is 0.466 e. The Morgan fingerprint density at radius 1 is 0.806 bits per heavy atom. The van der Waals surface area contributed by atoms with E-state index in [0.717, 1.165) is 56.8 Å². The average Bonchev–Trinajstić information content (AvgIpc) is 3.17. The van der Waals surface area contributed by atoms with E-state index in [1.807, 2.05) is 6.92 Å². The summed E-state index contributed by atoms with van der Waals surface area (Å²) in [6.45, 7) is 1.99. The summed E-state index contributed by atoms with van der Waals surface area (Å²) in [6, 6.07) is 0.456. The van der Waals surface area contributed by atoms with Crippen LogP contribution in [-0.2, 0) is 19.1 Å². The number of hydrogen-bond acceptors (Lipinski definition) is 9. The fraction of sp³-hybridized carbons (Fsp3) is 0.889. The molecule has 2 saturated carbocycles. The Morgan fingerprint density at radius 2 is 1.28 bits per heavy atom. The monoisotopic (exact) mass is 510 g/mol. The third kappa shape index (κ3) is 12.9. The second-order valence-electron chi connectivity index (χ2n) is 10.4. The number of cyclic esters (lactones) is 1. The van der Waals surface area contributed by atoms with Crippen molar-refractivity contribution in [2.24, 2.45) is 27.2 Å². The van der Waals surface area contributed by atoms with Crippen molar-refractivity contribution in [2.45, 2.75) is 109 Å². The van der Waals surface area contributed by atoms with Crippen LogP contribution in [-0.4, -0.2) is 72.0 Å². The normalized spacial score (nSPS) is 26.3. The van der Waals surface area contributed by atoms with Gasteiger partial charge in [0.2, 0.25) is 12.2 Å². The number of hydrogen-bond donors (Lipinski definition) is 3. The van der Waals surface area contributed by atoms with Crippen LogP contribution in [0.1, 0.15) is 96.8 Å². The lowest BCUT2D eigenvalue weighted by molar-refractivity contribution is -0.142. The molecule has 0 aromatic rings. The molecule has 0 amide bonds. The first-order chi connectivity index (χ1) is 17.4. The molecule has 0 spiro atoms. The standard InChI is InChI=1S/C15H22N2O2.C6H14O3.C6H10O2/c18-10-16-14-5-1-12(2-6-14)9-13-3-7-15(8-4-13)17-11-19;1-2-6(3-7,4-8)5-9;7-6-4-2-1-3-5-8-6/h12-15H,1-9H2;7-9H,2-5H2,1H3;1-5H2. The van der Waals surface area contributed by atoms with E-state index < -0.39 is 5.41 Å². The Labute approximate surface area is 215 Å². The zero-order valence-corrected chi connectivity index (χ0v) is 21.9. The number of carbonyl (C=O) groups excluding carboxylic acids is 3. The smallest absolute Gasteiger partial charge is 0.305 e. The zero-order chi connectivity index (χ0) is 26.7. The third-order valence-corrected chi connectivity index (χ3v) is 7.81. The van der Waals surface area contributed by atoms with Crippen LogP contribution in [0.4, 0.5) is 0 Å². The highest BCUT2D eigenvalue weighted by atomic mass is 16.5. The molecule has 36 heavy (non-hydrogen) atoms. The maximum absolute atomic E-state index is 10.5. The number of ether oxygens (including phenoxy) is 1. The number of nitrogens with zero attached hydrogens (tertiary/aromatic N) is 2. The van der Waals surface area contributed by atoms with Gasteiger partial charge in [0.15, 0.2) is 0 Å². The number of aliphatic hydroxyl groups is 3. The summed E-state index contributed by atoms with van der Waals surface area (Å²) in [5.74, 6) is 1.57. The lowest BCUT2D eigenvalue weighted by Crippen LogP contribution is -2.32. The first-order valence-electron chi connectivity index (χ1n) is 13.6. The van der Waals surface area contributed by atoms with Gasteiger partial charge in [-0.05, 0) is 95.3 Å². The van der Waals surface area contributed by atoms with E-state index in [9.17, 15) is 14.4 Å². The van der Waals surface area contributed by atoms with Gasteiger partial charge in [-0.3, -0.25) is 4.79 Å². The molecule has 9 nitrogen and oxygen atoms in total. The lowest BCUT2D eigenvalue weighted by atomic mass is 9.76. The van der Waals surface area contributed by atoms with Crippen LogP contribution in [0.25, 0.3) is 0 Å². The molecule has 206 valence electrons. The number of rotatable bonds is 8. The summed E-state index contributed by atoms with van der Waals surface area (Å²) in [7, 11) is 0. The van der Waals surface area contributed by atoms with E-state index in [1.165, 1.54) is 32.1 Å². The molecule has 1 saturated heterocycles. The van der Waals surface area contributed by atoms with Crippen LogP contribution in [0, 0.1) is 17.3 Å². The summed E-state index contributed by atoms with van der Waals surface area (Å²) >= 11 is 0. The minimum absolute atomic E-state index is 0.0255. The summed E-state index contributed by atoms with van der Waals surface area (Å²) in [6.07, 6.45) is 18.1. The molecular weight excluding hydrogens is 464 g/mol. The molecule has 3 rings (SSSR count). The highest BCUT2D eigenvalue weighted by Gasteiger charge is 2.27. The van der Waals surface area contributed by atoms with E-state index in [-0.39, 0.29) is 37.9 Å². The minimum Gasteiger partial charge on any atom is -0.466 e. The van der Waals surface area contributed by atoms with Crippen LogP contribution in [0.2, 0.25) is 0 Å². The van der Waals surface area contributed by atoms with Gasteiger partial charge in [-0.2, -0.15) is 0 Å². The molecule has 0 aromatic carbocycles. The van der Waals surface area contributed by atoms with E-state index in [0.29, 0.717) is 19.4 Å². The number of aliphatic hydroxyl groups excluding tert-OH is 3. The van der Waals surface area contributed by atoms with Gasteiger partial charge >= 0.3 is 5.97 Å². The van der Waals surface area contributed by atoms with Gasteiger partial charge in [-0.25, -0.2) is 19.6 Å². The highest BCUT2D eigenvalue weighted by molar-refractivity contribution is 5.69. The molecule has 0 unspecified atom stereocenters. The van der Waals surface area contributed by atoms with Gasteiger partial charge in [0.25, 0.3) is 0 Å². The van der Waals surface area contributed by atoms with Gasteiger partial charge in [0, 0.05) is 11.8 Å². The third-order valence-electron chi connectivity index (χ3n) is 7.81. The van der Waals surface area contributed by atoms with E-state index in [2.05, 4.69) is 9.98 Å². The van der Waals surface area contributed by atoms with Crippen molar-refractivity contribution in [1.29, 1.82) is 0 Å². The van der Waals surface area contributed by atoms with E-state index >= 15 is 0 Å². The number of esters is 1. The first kappa shape index (κ1) is 32.1. The lowest BCUT2D eigenvalue weighted by Gasteiger charge is -2.31. The molecule has 9 heteroatoms. The van der Waals surface area contributed by atoms with Gasteiger partial charge in [-0.1, -0.05) is 6.92 Å². The molecular formula is C27H46N2O7. The summed E-state index contributed by atoms with van der Waals surface area (Å²) in [5, 5.41) is 26.0. The summed E-state index contributed by atoms with van der Waals surface area (Å²) in [5.41, 5.74) is -0.667. The van der Waals surface area contributed by atoms with Crippen molar-refractivity contribution in [3.8, 4) is 0 Å². The van der Waals surface area contributed by atoms with Crippen molar-refractivity contribution in [3.63, 3.8) is 0 Å². The Bertz CT molecular complexity index is 621. The van der Waals surface area contributed by atoms with Gasteiger partial charge < -0.3 is 20.1 Å². The summed E-state index contributed by atoms with van der Waals surface area (Å²) in [4.78, 5) is 38.6. The topological polar surface area (TPSA) is 146 Å². The Morgan fingerprint density at radius 3 is 1.64 bits per heavy atom. The van der Waals surface area contributed by atoms with Crippen LogP contribution in [0.5, 0.6) is 0 Å². The van der Waals surface area contributed by atoms with Crippen molar-refractivity contribution in [2.75, 3.05) is 26.4 Å². The first-order valence-corrected chi connectivity index (χ1v) is 13.6. The van der Waals surface area contributed by atoms with Crippen LogP contribution < -0.4 is 0 Å². The zero-order valence-electron chi connectivity index (χ0n) is 21.9. The fourth-order valence-corrected chi connectivity index (χ4v) is 4.93. The van der Waals surface area contributed by atoms with Crippen LogP contribution in [0.15, 0.2) is 9.98 Å². The Balaban J connectivity index is 0.000000317. The second-order valence-corrected chi connectivity index (χ2v) is 10.4. The summed E-state index contributed by atoms with van der Waals surface area (Å²) < 4.78 is 4.76. The Hall–Kier alpha value is -1.89. The van der Waals surface area contributed by atoms with Gasteiger partial charge in [0.05, 0.1) is 38.5 Å². The molecule has 1 aliphatic heterocycles. The van der Waals surface area contributed by atoms with Crippen molar-refractivity contribution in [3.05, 3.63) is 0 Å². The SMILES string of the molecule is CCC(CO)(CO)CO.O=C1CCCCCO1.O=C=NC1CCC(CC2CCC(N=C=O)CC2)CC1. The molecule has 1 heterocycles. The number of aliphatic imine (C=N–C) groups is 2. The molecule has 3 N–H and O–H groups in total. The number of isocyanates is 2. The van der Waals surface area contributed by atoms with Gasteiger partial charge in [-0.15, -0.1) is 0 Å². The van der Waals surface area contributed by atoms with E-state index in [4.69, 9.17) is 20.1 Å². The molecule has 2 aliphatic carbocycles. The van der Waals surface area contributed by atoms with E-state index in [1.54, 1.807) is 12.2 Å². The molecule has 0 aromatic heterocycles. The Kier molecular flexibility index (Phi) is 17.2. The predicted octanol–water partition coefficient (Wildman–Crippen LogP) is 3.63. The predicted molar refractivity (Wildman–Crippen MR) is 136 cm³/mol. The highest BCUT2D eigenvalue weighted by Crippen LogP contribution is 2.36. The van der Waals surface area contributed by atoms with Crippen LogP contribution in [0.3, 0.4) is 0 Å². The minimum atomic E-state index is -0.667. The molecule has 0 atom stereocenters. The fourth-order valence-electron chi connectivity index (χ4n) is 4.93. The molecule has 0 bridgehead atoms. The average molecular weight is 511 g/mol. The van der Waals surface area contributed by atoms with Gasteiger partial charge in [0.1, 0.15) is 0 Å². The van der Waals surface area contributed by atoms with Crippen LogP contribution >= 0.6 is 0 Å². The van der Waals surface area contributed by atoms with Crippen molar-refractivity contribution >= 4 is 18.1 Å². The molecule has 0 radical (unpaired) electrons. The van der Waals surface area contributed by atoms with Crippen molar-refractivity contribution in [1.82, 2.24) is 0 Å². The number of carbonyl (C=O) groups is 1. The maximum Gasteiger partial charge on any atom is 0.305 e. The maximum atomic E-state index is 10.5. The molecule has 3 fully saturated rings. The second kappa shape index (κ2) is 19.3.